The highest BCUT2D eigenvalue weighted by Gasteiger charge is 2.36. The summed E-state index contributed by atoms with van der Waals surface area (Å²) < 4.78 is 27.5. The number of benzene rings is 1. The molecule has 20 heavy (non-hydrogen) atoms. The quantitative estimate of drug-likeness (QED) is 0.739. The Morgan fingerprint density at radius 1 is 1.15 bits per heavy atom. The molecule has 112 valence electrons. The maximum atomic E-state index is 14.0. The lowest BCUT2D eigenvalue weighted by Crippen LogP contribution is -2.37. The van der Waals surface area contributed by atoms with Gasteiger partial charge in [-0.25, -0.2) is 8.78 Å². The Kier molecular flexibility index (Phi) is 4.19. The molecule has 2 N–H and O–H groups in total. The third-order valence-electron chi connectivity index (χ3n) is 4.83. The van der Waals surface area contributed by atoms with E-state index in [0.29, 0.717) is 11.5 Å². The zero-order valence-corrected chi connectivity index (χ0v) is 12.7. The monoisotopic (exact) mass is 281 g/mol. The lowest BCUT2D eigenvalue weighted by molar-refractivity contribution is 0.210. The van der Waals surface area contributed by atoms with Gasteiger partial charge in [-0.3, -0.25) is 0 Å². The first kappa shape index (κ1) is 15.4. The van der Waals surface area contributed by atoms with Crippen LogP contribution in [0.5, 0.6) is 0 Å². The molecular weight excluding hydrogens is 256 g/mol. The molecular formula is C17H25F2N. The Hall–Kier alpha value is -0.960. The van der Waals surface area contributed by atoms with Crippen molar-refractivity contribution < 1.29 is 8.78 Å². The minimum absolute atomic E-state index is 0.242. The summed E-state index contributed by atoms with van der Waals surface area (Å²) in [6.45, 7) is 6.72. The third-order valence-corrected chi connectivity index (χ3v) is 4.83. The van der Waals surface area contributed by atoms with Crippen molar-refractivity contribution in [3.05, 3.63) is 35.4 Å². The molecule has 0 saturated heterocycles. The first-order chi connectivity index (χ1) is 9.24. The van der Waals surface area contributed by atoms with Crippen molar-refractivity contribution in [2.45, 2.75) is 58.4 Å². The highest BCUT2D eigenvalue weighted by atomic mass is 19.2. The third kappa shape index (κ3) is 3.03. The lowest BCUT2D eigenvalue weighted by atomic mass is 9.75. The first-order valence-electron chi connectivity index (χ1n) is 7.47. The molecule has 0 aliphatic heterocycles. The number of hydrogen-bond donors (Lipinski definition) is 1. The Morgan fingerprint density at radius 2 is 1.85 bits per heavy atom. The molecule has 1 nitrogen and oxygen atoms in total. The van der Waals surface area contributed by atoms with Crippen LogP contribution in [0.4, 0.5) is 8.78 Å². The van der Waals surface area contributed by atoms with Crippen LogP contribution in [0.2, 0.25) is 0 Å². The average Bonchev–Trinajstić information content (AvgIpc) is 2.55. The molecule has 2 rings (SSSR count). The molecule has 0 amide bonds. The zero-order valence-electron chi connectivity index (χ0n) is 12.7. The first-order valence-corrected chi connectivity index (χ1v) is 7.47. The van der Waals surface area contributed by atoms with Gasteiger partial charge in [-0.2, -0.15) is 0 Å². The van der Waals surface area contributed by atoms with Gasteiger partial charge in [0.05, 0.1) is 0 Å². The Morgan fingerprint density at radius 3 is 2.50 bits per heavy atom. The van der Waals surface area contributed by atoms with E-state index in [1.807, 2.05) is 0 Å². The average molecular weight is 281 g/mol. The second kappa shape index (κ2) is 5.44. The highest BCUT2D eigenvalue weighted by molar-refractivity contribution is 5.27. The number of nitrogens with two attached hydrogens (primary N) is 1. The van der Waals surface area contributed by atoms with Crippen LogP contribution < -0.4 is 5.73 Å². The minimum atomic E-state index is -0.802. The van der Waals surface area contributed by atoms with Crippen LogP contribution >= 0.6 is 0 Å². The molecule has 2 unspecified atom stereocenters. The molecule has 1 aliphatic rings. The van der Waals surface area contributed by atoms with E-state index in [9.17, 15) is 8.78 Å². The molecule has 1 fully saturated rings. The van der Waals surface area contributed by atoms with Crippen molar-refractivity contribution in [3.8, 4) is 0 Å². The largest absolute Gasteiger partial charge is 0.321 e. The van der Waals surface area contributed by atoms with Crippen molar-refractivity contribution in [2.75, 3.05) is 0 Å². The van der Waals surface area contributed by atoms with E-state index >= 15 is 0 Å². The lowest BCUT2D eigenvalue weighted by Gasteiger charge is -2.32. The van der Waals surface area contributed by atoms with E-state index in [-0.39, 0.29) is 5.41 Å². The van der Waals surface area contributed by atoms with Gasteiger partial charge in [0, 0.05) is 11.1 Å². The molecule has 0 bridgehead atoms. The summed E-state index contributed by atoms with van der Waals surface area (Å²) in [7, 11) is 0. The SMILES string of the molecule is CC(C)(C)C1CCCC(N)(c2cccc(F)c2F)CC1. The standard InChI is InChI=1S/C17H25F2N/c1-16(2,3)12-6-5-10-17(20,11-9-12)13-7-4-8-14(18)15(13)19/h4,7-8,12H,5-6,9-11,20H2,1-3H3. The van der Waals surface area contributed by atoms with Crippen LogP contribution in [0.3, 0.4) is 0 Å². The number of halogens is 2. The normalized spacial score (nSPS) is 28.2. The summed E-state index contributed by atoms with van der Waals surface area (Å²) in [5.41, 5.74) is 6.30. The summed E-state index contributed by atoms with van der Waals surface area (Å²) in [6, 6.07) is 4.33. The van der Waals surface area contributed by atoms with Gasteiger partial charge in [0.1, 0.15) is 0 Å². The van der Waals surface area contributed by atoms with Crippen molar-refractivity contribution in [1.29, 1.82) is 0 Å². The van der Waals surface area contributed by atoms with Crippen molar-refractivity contribution >= 4 is 0 Å². The summed E-state index contributed by atoms with van der Waals surface area (Å²) in [4.78, 5) is 0. The smallest absolute Gasteiger partial charge is 0.163 e. The Bertz CT molecular complexity index is 478. The number of hydrogen-bond acceptors (Lipinski definition) is 1. The summed E-state index contributed by atoms with van der Waals surface area (Å²) in [5.74, 6) is -0.988. The molecule has 0 spiro atoms. The summed E-state index contributed by atoms with van der Waals surface area (Å²) >= 11 is 0. The highest BCUT2D eigenvalue weighted by Crippen LogP contribution is 2.42. The minimum Gasteiger partial charge on any atom is -0.321 e. The van der Waals surface area contributed by atoms with E-state index in [2.05, 4.69) is 20.8 Å². The van der Waals surface area contributed by atoms with Crippen molar-refractivity contribution in [3.63, 3.8) is 0 Å². The summed E-state index contributed by atoms with van der Waals surface area (Å²) in [5, 5.41) is 0. The predicted octanol–water partition coefficient (Wildman–Crippen LogP) is 4.75. The number of rotatable bonds is 1. The zero-order chi connectivity index (χ0) is 15.0. The van der Waals surface area contributed by atoms with Crippen molar-refractivity contribution in [1.82, 2.24) is 0 Å². The van der Waals surface area contributed by atoms with Gasteiger partial charge >= 0.3 is 0 Å². The van der Waals surface area contributed by atoms with Gasteiger partial charge < -0.3 is 5.73 Å². The fraction of sp³-hybridized carbons (Fsp3) is 0.647. The molecule has 1 aromatic carbocycles. The second-order valence-electron chi connectivity index (χ2n) is 7.25. The van der Waals surface area contributed by atoms with E-state index in [4.69, 9.17) is 5.73 Å². The van der Waals surface area contributed by atoms with E-state index < -0.39 is 17.2 Å². The topological polar surface area (TPSA) is 26.0 Å². The fourth-order valence-electron chi connectivity index (χ4n) is 3.39. The van der Waals surface area contributed by atoms with Gasteiger partial charge in [-0.05, 0) is 43.1 Å². The molecule has 0 heterocycles. The van der Waals surface area contributed by atoms with Crippen LogP contribution in [0, 0.1) is 23.0 Å². The molecule has 1 saturated carbocycles. The van der Waals surface area contributed by atoms with Crippen LogP contribution in [0.15, 0.2) is 18.2 Å². The maximum Gasteiger partial charge on any atom is 0.163 e. The summed E-state index contributed by atoms with van der Waals surface area (Å²) in [6.07, 6.45) is 4.49. The predicted molar refractivity (Wildman–Crippen MR) is 78.3 cm³/mol. The molecule has 1 aromatic rings. The fourth-order valence-corrected chi connectivity index (χ4v) is 3.39. The maximum absolute atomic E-state index is 14.0. The van der Waals surface area contributed by atoms with E-state index in [1.54, 1.807) is 12.1 Å². The van der Waals surface area contributed by atoms with Gasteiger partial charge in [-0.15, -0.1) is 0 Å². The van der Waals surface area contributed by atoms with Crippen LogP contribution in [0.25, 0.3) is 0 Å². The van der Waals surface area contributed by atoms with Crippen LogP contribution in [-0.2, 0) is 5.54 Å². The Balaban J connectivity index is 2.26. The molecule has 1 aliphatic carbocycles. The van der Waals surface area contributed by atoms with Crippen LogP contribution in [0.1, 0.15) is 58.4 Å². The van der Waals surface area contributed by atoms with E-state index in [1.165, 1.54) is 0 Å². The molecule has 0 aromatic heterocycles. The van der Waals surface area contributed by atoms with Gasteiger partial charge in [0.15, 0.2) is 11.6 Å². The van der Waals surface area contributed by atoms with Gasteiger partial charge in [0.2, 0.25) is 0 Å². The second-order valence-corrected chi connectivity index (χ2v) is 7.25. The van der Waals surface area contributed by atoms with Gasteiger partial charge in [0.25, 0.3) is 0 Å². The molecule has 0 radical (unpaired) electrons. The molecule has 3 heteroatoms. The van der Waals surface area contributed by atoms with Crippen molar-refractivity contribution in [2.24, 2.45) is 17.1 Å². The Labute approximate surface area is 120 Å². The van der Waals surface area contributed by atoms with Crippen LogP contribution in [-0.4, -0.2) is 0 Å². The van der Waals surface area contributed by atoms with Gasteiger partial charge in [-0.1, -0.05) is 39.3 Å². The van der Waals surface area contributed by atoms with E-state index in [0.717, 1.165) is 38.2 Å². The molecule has 2 atom stereocenters.